The van der Waals surface area contributed by atoms with Gasteiger partial charge in [-0.25, -0.2) is 0 Å². The second-order valence-corrected chi connectivity index (χ2v) is 6.77. The van der Waals surface area contributed by atoms with Crippen molar-refractivity contribution in [1.82, 2.24) is 0 Å². The average molecular weight is 522 g/mol. The maximum atomic E-state index is 14.1. The third-order valence-electron chi connectivity index (χ3n) is 4.58. The van der Waals surface area contributed by atoms with Crippen LogP contribution in [-0.2, 0) is 6.18 Å². The summed E-state index contributed by atoms with van der Waals surface area (Å²) in [5.41, 5.74) is -2.49. The predicted octanol–water partition coefficient (Wildman–Crippen LogP) is 7.11. The van der Waals surface area contributed by atoms with Crippen LogP contribution < -0.4 is 0 Å². The van der Waals surface area contributed by atoms with Crippen molar-refractivity contribution in [3.8, 4) is 0 Å². The summed E-state index contributed by atoms with van der Waals surface area (Å²) in [4.78, 5) is 0. The van der Waals surface area contributed by atoms with Gasteiger partial charge in [-0.05, 0) is 17.7 Å². The normalized spacial score (nSPS) is 17.2. The maximum Gasteiger partial charge on any atom is 0.460 e. The van der Waals surface area contributed by atoms with Gasteiger partial charge in [0.1, 0.15) is 0 Å². The van der Waals surface area contributed by atoms with Crippen molar-refractivity contribution in [2.75, 3.05) is 0 Å². The van der Waals surface area contributed by atoms with E-state index < -0.39 is 65.1 Å². The van der Waals surface area contributed by atoms with Crippen LogP contribution in [0.15, 0.2) is 24.3 Å². The van der Waals surface area contributed by atoms with E-state index in [1.165, 1.54) is 0 Å². The summed E-state index contributed by atoms with van der Waals surface area (Å²) in [6.07, 6.45) is -15.6. The average Bonchev–Trinajstić information content (AvgIpc) is 2.64. The van der Waals surface area contributed by atoms with Crippen LogP contribution in [0, 0.1) is 5.92 Å². The molecule has 0 heterocycles. The molecule has 1 rings (SSSR count). The molecular formula is C16H10F16O. The van der Waals surface area contributed by atoms with Crippen molar-refractivity contribution in [2.24, 2.45) is 5.92 Å². The van der Waals surface area contributed by atoms with Gasteiger partial charge in [0.05, 0.1) is 17.6 Å². The van der Waals surface area contributed by atoms with Gasteiger partial charge in [-0.1, -0.05) is 19.1 Å². The van der Waals surface area contributed by atoms with Gasteiger partial charge in [0.2, 0.25) is 0 Å². The number of rotatable bonds is 7. The molecule has 33 heavy (non-hydrogen) atoms. The maximum absolute atomic E-state index is 14.1. The van der Waals surface area contributed by atoms with E-state index in [4.69, 9.17) is 0 Å². The number of alkyl halides is 16. The lowest BCUT2D eigenvalue weighted by atomic mass is 9.83. The molecule has 0 aliphatic rings. The minimum atomic E-state index is -8.09. The number of halogens is 16. The van der Waals surface area contributed by atoms with Gasteiger partial charge in [-0.2, -0.15) is 70.2 Å². The highest BCUT2D eigenvalue weighted by Gasteiger charge is 2.91. The standard InChI is InChI=1S/C16H10F16O/c1-6(9(33)7-2-4-8(5-3-7)11(19,20)21)10(17,18)12(22,23)13(24,25)14(26,27)15(28,29)16(30,31)32/h2-6,9,33H,1H3. The highest BCUT2D eigenvalue weighted by Crippen LogP contribution is 2.62. The van der Waals surface area contributed by atoms with Crippen molar-refractivity contribution in [3.63, 3.8) is 0 Å². The Kier molecular flexibility index (Phi) is 7.12. The van der Waals surface area contributed by atoms with Gasteiger partial charge in [0.25, 0.3) is 0 Å². The van der Waals surface area contributed by atoms with Gasteiger partial charge in [0, 0.05) is 0 Å². The molecule has 0 bridgehead atoms. The van der Waals surface area contributed by atoms with Gasteiger partial charge in [-0.15, -0.1) is 0 Å². The molecule has 0 aliphatic heterocycles. The first-order chi connectivity index (χ1) is 14.3. The van der Waals surface area contributed by atoms with Crippen LogP contribution in [0.2, 0.25) is 0 Å². The number of aliphatic hydroxyl groups excluding tert-OH is 1. The summed E-state index contributed by atoms with van der Waals surface area (Å²) >= 11 is 0. The van der Waals surface area contributed by atoms with Crippen LogP contribution in [0.4, 0.5) is 70.2 Å². The summed E-state index contributed by atoms with van der Waals surface area (Å²) < 4.78 is 209. The molecule has 0 amide bonds. The summed E-state index contributed by atoms with van der Waals surface area (Å²) in [5.74, 6) is -41.8. The quantitative estimate of drug-likeness (QED) is 0.379. The van der Waals surface area contributed by atoms with E-state index in [9.17, 15) is 75.4 Å². The second kappa shape index (κ2) is 8.08. The van der Waals surface area contributed by atoms with E-state index >= 15 is 0 Å². The zero-order valence-electron chi connectivity index (χ0n) is 15.5. The van der Waals surface area contributed by atoms with Crippen LogP contribution in [-0.4, -0.2) is 40.9 Å². The zero-order valence-corrected chi connectivity index (χ0v) is 15.5. The fraction of sp³-hybridized carbons (Fsp3) is 0.625. The smallest absolute Gasteiger partial charge is 0.388 e. The topological polar surface area (TPSA) is 20.2 Å². The van der Waals surface area contributed by atoms with Crippen LogP contribution >= 0.6 is 0 Å². The fourth-order valence-corrected chi connectivity index (χ4v) is 2.42. The molecule has 1 nitrogen and oxygen atoms in total. The summed E-state index contributed by atoms with van der Waals surface area (Å²) in [6, 6.07) is 0.716. The number of aliphatic hydroxyl groups is 1. The van der Waals surface area contributed by atoms with E-state index in [0.717, 1.165) is 0 Å². The van der Waals surface area contributed by atoms with Crippen molar-refractivity contribution < 1.29 is 75.4 Å². The molecule has 1 aromatic rings. The van der Waals surface area contributed by atoms with E-state index in [1.54, 1.807) is 0 Å². The minimum absolute atomic E-state index is 0.133. The third-order valence-corrected chi connectivity index (χ3v) is 4.58. The van der Waals surface area contributed by atoms with Gasteiger partial charge in [-0.3, -0.25) is 0 Å². The van der Waals surface area contributed by atoms with Crippen LogP contribution in [0.5, 0.6) is 0 Å². The Bertz CT molecular complexity index is 820. The Labute approximate surface area is 173 Å². The lowest BCUT2D eigenvalue weighted by molar-refractivity contribution is -0.444. The highest BCUT2D eigenvalue weighted by molar-refractivity contribution is 5.27. The molecule has 1 aromatic carbocycles. The lowest BCUT2D eigenvalue weighted by Gasteiger charge is -2.42. The Hall–Kier alpha value is -1.94. The van der Waals surface area contributed by atoms with E-state index in [0.29, 0.717) is 0 Å². The second-order valence-electron chi connectivity index (χ2n) is 6.77. The molecule has 0 saturated carbocycles. The molecule has 0 spiro atoms. The van der Waals surface area contributed by atoms with Crippen molar-refractivity contribution in [2.45, 2.75) is 55.0 Å². The lowest BCUT2D eigenvalue weighted by Crippen LogP contribution is -2.71. The molecule has 0 fully saturated rings. The molecule has 0 saturated heterocycles. The first-order valence-electron chi connectivity index (χ1n) is 8.09. The first-order valence-corrected chi connectivity index (χ1v) is 8.09. The Balaban J connectivity index is 3.43. The van der Waals surface area contributed by atoms with Gasteiger partial charge < -0.3 is 5.11 Å². The Morgan fingerprint density at radius 3 is 1.27 bits per heavy atom. The highest BCUT2D eigenvalue weighted by atomic mass is 19.4. The van der Waals surface area contributed by atoms with Gasteiger partial charge >= 0.3 is 42.0 Å². The summed E-state index contributed by atoms with van der Waals surface area (Å²) in [6.45, 7) is -0.202. The SMILES string of the molecule is CC(C(O)c1ccc(C(F)(F)F)cc1)C(F)(F)C(F)(F)C(F)(F)C(F)(F)C(F)(F)C(F)(F)F. The monoisotopic (exact) mass is 522 g/mol. The zero-order chi connectivity index (χ0) is 26.6. The molecule has 0 aliphatic carbocycles. The summed E-state index contributed by atoms with van der Waals surface area (Å²) in [5, 5.41) is 9.68. The number of benzene rings is 1. The van der Waals surface area contributed by atoms with Crippen molar-refractivity contribution in [3.05, 3.63) is 35.4 Å². The molecule has 0 aromatic heterocycles. The molecule has 17 heteroatoms. The molecule has 2 unspecified atom stereocenters. The molecule has 192 valence electrons. The Morgan fingerprint density at radius 1 is 0.576 bits per heavy atom. The van der Waals surface area contributed by atoms with Crippen molar-refractivity contribution >= 4 is 0 Å². The van der Waals surface area contributed by atoms with E-state index in [1.807, 2.05) is 0 Å². The molecule has 2 atom stereocenters. The minimum Gasteiger partial charge on any atom is -0.388 e. The van der Waals surface area contributed by atoms with Crippen molar-refractivity contribution in [1.29, 1.82) is 0 Å². The fourth-order valence-electron chi connectivity index (χ4n) is 2.42. The Morgan fingerprint density at radius 2 is 0.939 bits per heavy atom. The number of hydrogen-bond donors (Lipinski definition) is 1. The van der Waals surface area contributed by atoms with Crippen LogP contribution in [0.25, 0.3) is 0 Å². The molecular weight excluding hydrogens is 512 g/mol. The third kappa shape index (κ3) is 4.43. The van der Waals surface area contributed by atoms with E-state index in [2.05, 4.69) is 0 Å². The molecule has 1 N–H and O–H groups in total. The largest absolute Gasteiger partial charge is 0.460 e. The van der Waals surface area contributed by atoms with E-state index in [-0.39, 0.29) is 31.2 Å². The predicted molar refractivity (Wildman–Crippen MR) is 76.4 cm³/mol. The van der Waals surface area contributed by atoms with Crippen LogP contribution in [0.3, 0.4) is 0 Å². The first kappa shape index (κ1) is 29.1. The number of hydrogen-bond acceptors (Lipinski definition) is 1. The van der Waals surface area contributed by atoms with Crippen LogP contribution in [0.1, 0.15) is 24.2 Å². The van der Waals surface area contributed by atoms with Gasteiger partial charge in [0.15, 0.2) is 0 Å². The molecule has 0 radical (unpaired) electrons. The summed E-state index contributed by atoms with van der Waals surface area (Å²) in [7, 11) is 0.